The van der Waals surface area contributed by atoms with Gasteiger partial charge in [0.05, 0.1) is 18.4 Å². The van der Waals surface area contributed by atoms with Gasteiger partial charge in [-0.25, -0.2) is 0 Å². The van der Waals surface area contributed by atoms with E-state index in [2.05, 4.69) is 32.6 Å². The number of nitrogens with zero attached hydrogens (tertiary/aromatic N) is 1. The highest BCUT2D eigenvalue weighted by atomic mass is 16.5. The summed E-state index contributed by atoms with van der Waals surface area (Å²) in [5, 5.41) is 20.4. The average Bonchev–Trinajstić information content (AvgIpc) is 3.11. The molecule has 0 heterocycles. The van der Waals surface area contributed by atoms with Gasteiger partial charge in [-0.05, 0) is 112 Å². The van der Waals surface area contributed by atoms with Crippen LogP contribution in [-0.2, 0) is 14.3 Å². The Morgan fingerprint density at radius 3 is 2.35 bits per heavy atom. The van der Waals surface area contributed by atoms with Crippen molar-refractivity contribution in [2.45, 2.75) is 122 Å². The van der Waals surface area contributed by atoms with Gasteiger partial charge in [0.1, 0.15) is 6.10 Å². The predicted octanol–water partition coefficient (Wildman–Crippen LogP) is 4.60. The first-order valence-corrected chi connectivity index (χ1v) is 15.1. The number of hydrogen-bond donors (Lipinski definition) is 3. The molecule has 37 heavy (non-hydrogen) atoms. The van der Waals surface area contributed by atoms with Crippen molar-refractivity contribution in [3.05, 3.63) is 0 Å². The minimum Gasteiger partial charge on any atom is -0.481 e. The zero-order valence-electron chi connectivity index (χ0n) is 23.7. The molecule has 0 aromatic rings. The molecule has 0 aliphatic heterocycles. The van der Waals surface area contributed by atoms with Crippen LogP contribution in [-0.4, -0.2) is 64.4 Å². The lowest BCUT2D eigenvalue weighted by Gasteiger charge is -2.64. The first-order chi connectivity index (χ1) is 17.5. The van der Waals surface area contributed by atoms with Crippen molar-refractivity contribution in [3.63, 3.8) is 0 Å². The highest BCUT2D eigenvalue weighted by molar-refractivity contribution is 5.72. The predicted molar refractivity (Wildman–Crippen MR) is 144 cm³/mol. The lowest BCUT2D eigenvalue weighted by molar-refractivity contribution is -0.169. The summed E-state index contributed by atoms with van der Waals surface area (Å²) in [4.78, 5) is 27.0. The molecule has 0 spiro atoms. The molecule has 0 aromatic carbocycles. The second kappa shape index (κ2) is 11.1. The van der Waals surface area contributed by atoms with Crippen LogP contribution < -0.4 is 5.73 Å². The third kappa shape index (κ3) is 5.21. The number of esters is 1. The van der Waals surface area contributed by atoms with Crippen LogP contribution in [0.4, 0.5) is 0 Å². The van der Waals surface area contributed by atoms with Gasteiger partial charge in [-0.15, -0.1) is 0 Å². The van der Waals surface area contributed by atoms with Gasteiger partial charge in [-0.1, -0.05) is 27.7 Å². The van der Waals surface area contributed by atoms with Crippen LogP contribution in [0.15, 0.2) is 0 Å². The van der Waals surface area contributed by atoms with Gasteiger partial charge in [0.2, 0.25) is 0 Å². The molecule has 4 rings (SSSR count). The molecular weight excluding hydrogens is 468 g/mol. The molecular formula is C30H52N2O5. The topological polar surface area (TPSA) is 113 Å². The SMILES string of the molecule is CCCN(CCC)CC(O)CC(=O)O[C@H]1CC[C@@]2(C)[C@H](CC[C@@H]3[C@@H]2CC[C@]2(C)[C@@H](C(=O)O)CC[C@]32N)C1. The van der Waals surface area contributed by atoms with Crippen LogP contribution in [0.1, 0.15) is 105 Å². The maximum Gasteiger partial charge on any atom is 0.308 e. The van der Waals surface area contributed by atoms with E-state index in [9.17, 15) is 19.8 Å². The van der Waals surface area contributed by atoms with Crippen molar-refractivity contribution in [1.29, 1.82) is 0 Å². The number of aliphatic hydroxyl groups is 1. The van der Waals surface area contributed by atoms with Gasteiger partial charge >= 0.3 is 11.9 Å². The number of carbonyl (C=O) groups excluding carboxylic acids is 1. The van der Waals surface area contributed by atoms with E-state index in [0.29, 0.717) is 30.7 Å². The van der Waals surface area contributed by atoms with Crippen molar-refractivity contribution in [2.75, 3.05) is 19.6 Å². The van der Waals surface area contributed by atoms with E-state index in [1.807, 2.05) is 0 Å². The number of ether oxygens (including phenoxy) is 1. The molecule has 1 unspecified atom stereocenters. The van der Waals surface area contributed by atoms with E-state index in [0.717, 1.165) is 77.3 Å². The van der Waals surface area contributed by atoms with Crippen LogP contribution >= 0.6 is 0 Å². The zero-order chi connectivity index (χ0) is 27.0. The Balaban J connectivity index is 1.35. The largest absolute Gasteiger partial charge is 0.481 e. The van der Waals surface area contributed by atoms with Gasteiger partial charge in [0, 0.05) is 12.1 Å². The number of carboxylic acids is 1. The summed E-state index contributed by atoms with van der Waals surface area (Å²) < 4.78 is 5.93. The fourth-order valence-electron chi connectivity index (χ4n) is 9.51. The van der Waals surface area contributed by atoms with Crippen molar-refractivity contribution in [1.82, 2.24) is 4.90 Å². The highest BCUT2D eigenvalue weighted by Gasteiger charge is 2.67. The smallest absolute Gasteiger partial charge is 0.308 e. The molecule has 0 bridgehead atoms. The van der Waals surface area contributed by atoms with Gasteiger partial charge in [0.15, 0.2) is 0 Å². The van der Waals surface area contributed by atoms with Crippen LogP contribution in [0.2, 0.25) is 0 Å². The van der Waals surface area contributed by atoms with Crippen molar-refractivity contribution >= 4 is 11.9 Å². The average molecular weight is 521 g/mol. The summed E-state index contributed by atoms with van der Waals surface area (Å²) in [5.74, 6) is 0.107. The molecule has 0 radical (unpaired) electrons. The third-order valence-corrected chi connectivity index (χ3v) is 11.5. The summed E-state index contributed by atoms with van der Waals surface area (Å²) in [7, 11) is 0. The third-order valence-electron chi connectivity index (χ3n) is 11.5. The van der Waals surface area contributed by atoms with Crippen LogP contribution in [0.3, 0.4) is 0 Å². The number of rotatable bonds is 10. The van der Waals surface area contributed by atoms with E-state index in [1.165, 1.54) is 0 Å². The normalized spacial score (nSPS) is 42.0. The van der Waals surface area contributed by atoms with E-state index >= 15 is 0 Å². The van der Waals surface area contributed by atoms with Gasteiger partial charge in [0.25, 0.3) is 0 Å². The first kappa shape index (κ1) is 28.8. The molecule has 0 amide bonds. The monoisotopic (exact) mass is 520 g/mol. The second-order valence-corrected chi connectivity index (χ2v) is 13.5. The zero-order valence-corrected chi connectivity index (χ0v) is 23.7. The molecule has 7 heteroatoms. The number of hydrogen-bond acceptors (Lipinski definition) is 6. The highest BCUT2D eigenvalue weighted by Crippen LogP contribution is 2.68. The lowest BCUT2D eigenvalue weighted by atomic mass is 9.42. The summed E-state index contributed by atoms with van der Waals surface area (Å²) in [5.41, 5.74) is 6.67. The van der Waals surface area contributed by atoms with Crippen LogP contribution in [0.25, 0.3) is 0 Å². The van der Waals surface area contributed by atoms with Crippen LogP contribution in [0, 0.1) is 34.5 Å². The molecule has 0 aromatic heterocycles. The molecule has 212 valence electrons. The Morgan fingerprint density at radius 2 is 1.70 bits per heavy atom. The fraction of sp³-hybridized carbons (Fsp3) is 0.933. The summed E-state index contributed by atoms with van der Waals surface area (Å²) in [6.45, 7) is 11.2. The van der Waals surface area contributed by atoms with Gasteiger partial charge < -0.3 is 25.6 Å². The number of aliphatic hydroxyl groups excluding tert-OH is 1. The molecule has 4 saturated carbocycles. The Labute approximate surface area is 223 Å². The quantitative estimate of drug-likeness (QED) is 0.361. The van der Waals surface area contributed by atoms with E-state index in [4.69, 9.17) is 10.5 Å². The number of carbonyl (C=O) groups is 2. The van der Waals surface area contributed by atoms with E-state index < -0.39 is 17.6 Å². The summed E-state index contributed by atoms with van der Waals surface area (Å²) in [6.07, 6.45) is 9.75. The van der Waals surface area contributed by atoms with Crippen LogP contribution in [0.5, 0.6) is 0 Å². The Morgan fingerprint density at radius 1 is 1.00 bits per heavy atom. The minimum atomic E-state index is -0.687. The minimum absolute atomic E-state index is 0.0616. The maximum absolute atomic E-state index is 12.7. The number of carboxylic acid groups (broad SMARTS) is 1. The molecule has 7 nitrogen and oxygen atoms in total. The van der Waals surface area contributed by atoms with Gasteiger partial charge in [-0.3, -0.25) is 9.59 Å². The molecule has 4 aliphatic rings. The Hall–Kier alpha value is -1.18. The number of aliphatic carboxylic acids is 1. The van der Waals surface area contributed by atoms with Crippen molar-refractivity contribution in [3.8, 4) is 0 Å². The molecule has 0 saturated heterocycles. The van der Waals surface area contributed by atoms with E-state index in [1.54, 1.807) is 0 Å². The Bertz CT molecular complexity index is 831. The first-order valence-electron chi connectivity index (χ1n) is 15.1. The summed E-state index contributed by atoms with van der Waals surface area (Å²) in [6, 6.07) is 0. The summed E-state index contributed by atoms with van der Waals surface area (Å²) >= 11 is 0. The molecule has 4 fully saturated rings. The Kier molecular flexibility index (Phi) is 8.67. The van der Waals surface area contributed by atoms with Crippen molar-refractivity contribution in [2.24, 2.45) is 40.2 Å². The second-order valence-electron chi connectivity index (χ2n) is 13.5. The van der Waals surface area contributed by atoms with Gasteiger partial charge in [-0.2, -0.15) is 0 Å². The number of nitrogens with two attached hydrogens (primary N) is 1. The molecule has 4 N–H and O–H groups in total. The van der Waals surface area contributed by atoms with E-state index in [-0.39, 0.29) is 35.2 Å². The standard InChI is InChI=1S/C30H52N2O5/c1-5-15-32(16-6-2)19-21(33)18-26(34)37-22-9-12-28(3)20(17-22)7-8-24-23(28)10-13-29(4)25(27(35)36)11-14-30(24,29)31/h20-25,33H,5-19,31H2,1-4H3,(H,35,36)/t20-,21?,22+,23+,24-,25-,28+,29-,30+/m1/s1. The fourth-order valence-corrected chi connectivity index (χ4v) is 9.51. The lowest BCUT2D eigenvalue weighted by Crippen LogP contribution is -2.66. The number of fused-ring (bicyclic) bond motifs is 5. The molecule has 4 aliphatic carbocycles. The molecule has 9 atom stereocenters. The van der Waals surface area contributed by atoms with Crippen molar-refractivity contribution < 1.29 is 24.5 Å². The maximum atomic E-state index is 12.7.